The Morgan fingerprint density at radius 2 is 2.30 bits per heavy atom. The van der Waals surface area contributed by atoms with Crippen LogP contribution in [0.15, 0.2) is 23.6 Å². The topological polar surface area (TPSA) is 103 Å². The van der Waals surface area contributed by atoms with Crippen molar-refractivity contribution in [1.82, 2.24) is 4.98 Å². The van der Waals surface area contributed by atoms with Crippen molar-refractivity contribution < 1.29 is 19.6 Å². The number of hydrogen-bond donors (Lipinski definition) is 1. The molecule has 9 heteroatoms. The number of aromatic nitrogens is 1. The minimum atomic E-state index is -1.10. The van der Waals surface area contributed by atoms with Crippen molar-refractivity contribution in [3.05, 3.63) is 49.4 Å². The summed E-state index contributed by atoms with van der Waals surface area (Å²) in [6, 6.07) is 3.97. The maximum absolute atomic E-state index is 10.7. The molecule has 1 aromatic carbocycles. The molecule has 0 radical (unpaired) electrons. The molecule has 0 aliphatic carbocycles. The quantitative estimate of drug-likeness (QED) is 0.672. The van der Waals surface area contributed by atoms with E-state index in [0.717, 1.165) is 11.3 Å². The number of carboxylic acids is 1. The SMILES string of the molecule is O=C(O)c1nc(COc2ccc([N+](=O)[O-])c(Cl)c2)cs1. The van der Waals surface area contributed by atoms with Gasteiger partial charge in [0.2, 0.25) is 5.01 Å². The van der Waals surface area contributed by atoms with Gasteiger partial charge in [0.15, 0.2) is 0 Å². The molecule has 0 amide bonds. The molecule has 0 atom stereocenters. The lowest BCUT2D eigenvalue weighted by atomic mass is 10.3. The van der Waals surface area contributed by atoms with Gasteiger partial charge in [0.25, 0.3) is 5.69 Å². The monoisotopic (exact) mass is 314 g/mol. The molecule has 104 valence electrons. The average molecular weight is 315 g/mol. The molecule has 0 fully saturated rings. The number of nitro benzene ring substituents is 1. The van der Waals surface area contributed by atoms with Gasteiger partial charge in [-0.25, -0.2) is 9.78 Å². The van der Waals surface area contributed by atoms with Gasteiger partial charge >= 0.3 is 5.97 Å². The molecule has 1 N–H and O–H groups in total. The van der Waals surface area contributed by atoms with Gasteiger partial charge in [-0.2, -0.15) is 0 Å². The van der Waals surface area contributed by atoms with E-state index in [2.05, 4.69) is 4.98 Å². The first kappa shape index (κ1) is 14.2. The number of halogens is 1. The number of ether oxygens (including phenoxy) is 1. The van der Waals surface area contributed by atoms with Crippen LogP contribution in [0.5, 0.6) is 5.75 Å². The second kappa shape index (κ2) is 5.85. The van der Waals surface area contributed by atoms with E-state index in [1.165, 1.54) is 18.2 Å². The highest BCUT2D eigenvalue weighted by atomic mass is 35.5. The van der Waals surface area contributed by atoms with Crippen molar-refractivity contribution >= 4 is 34.6 Å². The van der Waals surface area contributed by atoms with E-state index < -0.39 is 10.9 Å². The van der Waals surface area contributed by atoms with Crippen LogP contribution in [0.25, 0.3) is 0 Å². The van der Waals surface area contributed by atoms with E-state index in [4.69, 9.17) is 21.4 Å². The number of aromatic carboxylic acids is 1. The molecule has 7 nitrogen and oxygen atoms in total. The molecular weight excluding hydrogens is 308 g/mol. The summed E-state index contributed by atoms with van der Waals surface area (Å²) in [5, 5.41) is 20.8. The van der Waals surface area contributed by atoms with Gasteiger partial charge in [-0.1, -0.05) is 11.6 Å². The highest BCUT2D eigenvalue weighted by Crippen LogP contribution is 2.28. The standard InChI is InChI=1S/C11H7ClN2O5S/c12-8-3-7(1-2-9(8)14(17)18)19-4-6-5-20-10(13-6)11(15)16/h1-3,5H,4H2,(H,15,16). The summed E-state index contributed by atoms with van der Waals surface area (Å²) in [5.74, 6) is -0.759. The lowest BCUT2D eigenvalue weighted by Crippen LogP contribution is -1.99. The van der Waals surface area contributed by atoms with Gasteiger partial charge in [-0.15, -0.1) is 11.3 Å². The van der Waals surface area contributed by atoms with Gasteiger partial charge in [0.1, 0.15) is 17.4 Å². The Balaban J connectivity index is 2.05. The molecule has 1 heterocycles. The number of thiazole rings is 1. The lowest BCUT2D eigenvalue weighted by Gasteiger charge is -2.04. The molecular formula is C11H7ClN2O5S. The smallest absolute Gasteiger partial charge is 0.365 e. The normalized spacial score (nSPS) is 10.2. The Morgan fingerprint density at radius 3 is 2.85 bits per heavy atom. The Morgan fingerprint density at radius 1 is 1.55 bits per heavy atom. The molecule has 1 aromatic heterocycles. The second-order valence-electron chi connectivity index (χ2n) is 3.61. The van der Waals surface area contributed by atoms with E-state index in [9.17, 15) is 14.9 Å². The summed E-state index contributed by atoms with van der Waals surface area (Å²) in [7, 11) is 0. The molecule has 2 rings (SSSR count). The predicted octanol–water partition coefficient (Wildman–Crippen LogP) is 2.98. The van der Waals surface area contributed by atoms with Gasteiger partial charge in [0, 0.05) is 17.5 Å². The summed E-state index contributed by atoms with van der Waals surface area (Å²) in [6.07, 6.45) is 0. The Kier molecular flexibility index (Phi) is 4.16. The van der Waals surface area contributed by atoms with Crippen molar-refractivity contribution in [2.45, 2.75) is 6.61 Å². The highest BCUT2D eigenvalue weighted by molar-refractivity contribution is 7.11. The number of nitrogens with zero attached hydrogens (tertiary/aromatic N) is 2. The zero-order valence-electron chi connectivity index (χ0n) is 9.78. The highest BCUT2D eigenvalue weighted by Gasteiger charge is 2.13. The minimum absolute atomic E-state index is 0.0228. The minimum Gasteiger partial charge on any atom is -0.487 e. The zero-order valence-corrected chi connectivity index (χ0v) is 11.3. The largest absolute Gasteiger partial charge is 0.487 e. The van der Waals surface area contributed by atoms with Crippen LogP contribution in [0.2, 0.25) is 5.02 Å². The van der Waals surface area contributed by atoms with Gasteiger partial charge < -0.3 is 9.84 Å². The Labute approximate surface area is 121 Å². The van der Waals surface area contributed by atoms with E-state index in [-0.39, 0.29) is 22.3 Å². The first-order valence-corrected chi connectivity index (χ1v) is 6.47. The van der Waals surface area contributed by atoms with Crippen LogP contribution in [0.4, 0.5) is 5.69 Å². The van der Waals surface area contributed by atoms with E-state index in [1.807, 2.05) is 0 Å². The van der Waals surface area contributed by atoms with E-state index in [0.29, 0.717) is 11.4 Å². The van der Waals surface area contributed by atoms with Crippen LogP contribution in [0.3, 0.4) is 0 Å². The molecule has 0 saturated carbocycles. The summed E-state index contributed by atoms with van der Waals surface area (Å²) < 4.78 is 5.34. The maximum Gasteiger partial charge on any atom is 0.365 e. The number of nitro groups is 1. The molecule has 0 aliphatic heterocycles. The van der Waals surface area contributed by atoms with Crippen molar-refractivity contribution in [1.29, 1.82) is 0 Å². The summed E-state index contributed by atoms with van der Waals surface area (Å²) in [6.45, 7) is 0.0535. The second-order valence-corrected chi connectivity index (χ2v) is 4.87. The van der Waals surface area contributed by atoms with Crippen LogP contribution in [-0.2, 0) is 6.61 Å². The number of hydrogen-bond acceptors (Lipinski definition) is 6. The lowest BCUT2D eigenvalue weighted by molar-refractivity contribution is -0.384. The Bertz CT molecular complexity index is 673. The fourth-order valence-electron chi connectivity index (χ4n) is 1.35. The van der Waals surface area contributed by atoms with Crippen LogP contribution in [-0.4, -0.2) is 21.0 Å². The third kappa shape index (κ3) is 3.22. The zero-order chi connectivity index (χ0) is 14.7. The van der Waals surface area contributed by atoms with Gasteiger partial charge in [-0.3, -0.25) is 10.1 Å². The van der Waals surface area contributed by atoms with Crippen molar-refractivity contribution in [2.24, 2.45) is 0 Å². The molecule has 20 heavy (non-hydrogen) atoms. The van der Waals surface area contributed by atoms with Crippen molar-refractivity contribution in [2.75, 3.05) is 0 Å². The van der Waals surface area contributed by atoms with Crippen molar-refractivity contribution in [3.63, 3.8) is 0 Å². The predicted molar refractivity (Wildman–Crippen MR) is 71.5 cm³/mol. The van der Waals surface area contributed by atoms with Crippen LogP contribution in [0.1, 0.15) is 15.5 Å². The molecule has 0 aliphatic rings. The van der Waals surface area contributed by atoms with Crippen LogP contribution < -0.4 is 4.74 Å². The number of rotatable bonds is 5. The summed E-state index contributed by atoms with van der Waals surface area (Å²) in [4.78, 5) is 24.5. The molecule has 0 saturated heterocycles. The third-order valence-electron chi connectivity index (χ3n) is 2.24. The number of carbonyl (C=O) groups is 1. The summed E-state index contributed by atoms with van der Waals surface area (Å²) >= 11 is 6.74. The van der Waals surface area contributed by atoms with Crippen LogP contribution >= 0.6 is 22.9 Å². The van der Waals surface area contributed by atoms with Crippen LogP contribution in [0, 0.1) is 10.1 Å². The van der Waals surface area contributed by atoms with Gasteiger partial charge in [0.05, 0.1) is 10.6 Å². The molecule has 0 unspecified atom stereocenters. The molecule has 2 aromatic rings. The van der Waals surface area contributed by atoms with E-state index in [1.54, 1.807) is 5.38 Å². The molecule has 0 bridgehead atoms. The van der Waals surface area contributed by atoms with Crippen molar-refractivity contribution in [3.8, 4) is 5.75 Å². The fraction of sp³-hybridized carbons (Fsp3) is 0.0909. The molecule has 0 spiro atoms. The first-order chi connectivity index (χ1) is 9.47. The first-order valence-electron chi connectivity index (χ1n) is 5.22. The van der Waals surface area contributed by atoms with Gasteiger partial charge in [-0.05, 0) is 6.07 Å². The van der Waals surface area contributed by atoms with E-state index >= 15 is 0 Å². The average Bonchev–Trinajstić information content (AvgIpc) is 2.85. The summed E-state index contributed by atoms with van der Waals surface area (Å²) in [5.41, 5.74) is 0.253. The number of carboxylic acid groups (broad SMARTS) is 1. The fourth-order valence-corrected chi connectivity index (χ4v) is 2.23. The maximum atomic E-state index is 10.7. The number of benzene rings is 1. The third-order valence-corrected chi connectivity index (χ3v) is 3.42. The Hall–Kier alpha value is -2.19.